The third kappa shape index (κ3) is 3.98. The predicted octanol–water partition coefficient (Wildman–Crippen LogP) is 6.15. The summed E-state index contributed by atoms with van der Waals surface area (Å²) in [5.74, 6) is -0.827. The van der Waals surface area contributed by atoms with Gasteiger partial charge in [-0.3, -0.25) is 0 Å². The zero-order chi connectivity index (χ0) is 24.0. The molecule has 4 aromatic rings. The molecule has 1 fully saturated rings. The highest BCUT2D eigenvalue weighted by molar-refractivity contribution is 5.80. The molecule has 3 aromatic carbocycles. The number of halogens is 4. The number of nitrogens with zero attached hydrogens (tertiary/aromatic N) is 3. The van der Waals surface area contributed by atoms with Gasteiger partial charge in [-0.15, -0.1) is 0 Å². The second kappa shape index (κ2) is 8.16. The summed E-state index contributed by atoms with van der Waals surface area (Å²) in [6.07, 6.45) is -2.90. The van der Waals surface area contributed by atoms with Gasteiger partial charge in [0.15, 0.2) is 0 Å². The highest BCUT2D eigenvalue weighted by atomic mass is 19.4. The molecule has 1 aromatic heterocycles. The molecule has 9 heteroatoms. The Bertz CT molecular complexity index is 1380. The van der Waals surface area contributed by atoms with Crippen molar-refractivity contribution < 1.29 is 27.5 Å². The Kier molecular flexibility index (Phi) is 5.27. The highest BCUT2D eigenvalue weighted by Gasteiger charge is 2.35. The van der Waals surface area contributed by atoms with Crippen LogP contribution in [0.25, 0.3) is 27.7 Å². The Labute approximate surface area is 191 Å². The normalized spacial score (nSPS) is 16.0. The molecular formula is C25H19F4N3O2. The molecule has 0 bridgehead atoms. The van der Waals surface area contributed by atoms with E-state index in [1.165, 1.54) is 23.2 Å². The van der Waals surface area contributed by atoms with Crippen LogP contribution in [0.3, 0.4) is 0 Å². The number of hydrogen-bond acceptors (Lipinski definition) is 2. The number of alkyl halides is 3. The molecule has 1 aliphatic heterocycles. The fraction of sp³-hybridized carbons (Fsp3) is 0.200. The van der Waals surface area contributed by atoms with E-state index in [2.05, 4.69) is 5.10 Å². The second-order valence-electron chi connectivity index (χ2n) is 8.30. The van der Waals surface area contributed by atoms with Crippen LogP contribution in [0.5, 0.6) is 0 Å². The molecule has 0 aliphatic carbocycles. The largest absolute Gasteiger partial charge is 0.465 e. The highest BCUT2D eigenvalue weighted by Crippen LogP contribution is 2.39. The van der Waals surface area contributed by atoms with Crippen LogP contribution in [0.15, 0.2) is 66.9 Å². The molecule has 34 heavy (non-hydrogen) atoms. The lowest BCUT2D eigenvalue weighted by atomic mass is 9.95. The number of carbonyl (C=O) groups is 1. The van der Waals surface area contributed by atoms with Gasteiger partial charge >= 0.3 is 12.3 Å². The molecule has 1 saturated heterocycles. The Hall–Kier alpha value is -3.88. The van der Waals surface area contributed by atoms with E-state index in [0.29, 0.717) is 23.9 Å². The summed E-state index contributed by atoms with van der Waals surface area (Å²) < 4.78 is 57.8. The summed E-state index contributed by atoms with van der Waals surface area (Å²) in [5.41, 5.74) is 0.108. The van der Waals surface area contributed by atoms with Crippen LogP contribution >= 0.6 is 0 Å². The van der Waals surface area contributed by atoms with Gasteiger partial charge in [0.2, 0.25) is 0 Å². The molecule has 1 N–H and O–H groups in total. The summed E-state index contributed by atoms with van der Waals surface area (Å²) >= 11 is 0. The Morgan fingerprint density at radius 1 is 1.09 bits per heavy atom. The van der Waals surface area contributed by atoms with Gasteiger partial charge in [0.05, 0.1) is 11.1 Å². The maximum Gasteiger partial charge on any atom is 0.417 e. The van der Waals surface area contributed by atoms with Gasteiger partial charge in [-0.2, -0.15) is 18.3 Å². The minimum Gasteiger partial charge on any atom is -0.465 e. The van der Waals surface area contributed by atoms with Gasteiger partial charge in [-0.1, -0.05) is 42.5 Å². The van der Waals surface area contributed by atoms with Crippen molar-refractivity contribution in [1.29, 1.82) is 0 Å². The van der Waals surface area contributed by atoms with E-state index >= 15 is 4.39 Å². The zero-order valence-corrected chi connectivity index (χ0v) is 17.8. The molecular weight excluding hydrogens is 450 g/mol. The number of fused-ring (bicyclic) bond motifs is 1. The maximum atomic E-state index is 15.1. The minimum absolute atomic E-state index is 0.116. The van der Waals surface area contributed by atoms with Crippen molar-refractivity contribution in [1.82, 2.24) is 14.7 Å². The molecule has 0 radical (unpaired) electrons. The van der Waals surface area contributed by atoms with Crippen molar-refractivity contribution in [3.8, 4) is 16.8 Å². The average Bonchev–Trinajstić information content (AvgIpc) is 3.19. The average molecular weight is 469 g/mol. The lowest BCUT2D eigenvalue weighted by Crippen LogP contribution is -2.51. The Balaban J connectivity index is 1.52. The molecule has 1 unspecified atom stereocenters. The minimum atomic E-state index is -4.69. The van der Waals surface area contributed by atoms with Crippen LogP contribution in [0.1, 0.15) is 17.5 Å². The van der Waals surface area contributed by atoms with Crippen molar-refractivity contribution in [2.45, 2.75) is 25.1 Å². The van der Waals surface area contributed by atoms with E-state index in [1.54, 1.807) is 30.3 Å². The van der Waals surface area contributed by atoms with Gasteiger partial charge in [0, 0.05) is 24.2 Å². The first-order valence-corrected chi connectivity index (χ1v) is 10.6. The number of amides is 1. The van der Waals surface area contributed by atoms with Crippen molar-refractivity contribution in [3.05, 3.63) is 83.8 Å². The first kappa shape index (κ1) is 21.9. The number of hydrogen-bond donors (Lipinski definition) is 1. The Morgan fingerprint density at radius 2 is 1.85 bits per heavy atom. The quantitative estimate of drug-likeness (QED) is 0.365. The standard InChI is InChI=1S/C25H19F4N3O2/c26-21-12-19(16-4-2-1-3-5-16)20(25(27,28)29)13-23(21)32-14-17-7-6-15(11-22(17)30-32)10-18-8-9-31(18)24(33)34/h1-7,11-14,18H,8-10H2,(H,33,34). The van der Waals surface area contributed by atoms with Crippen LogP contribution in [0, 0.1) is 5.82 Å². The third-order valence-electron chi connectivity index (χ3n) is 6.16. The predicted molar refractivity (Wildman–Crippen MR) is 118 cm³/mol. The lowest BCUT2D eigenvalue weighted by Gasteiger charge is -2.38. The van der Waals surface area contributed by atoms with Gasteiger partial charge < -0.3 is 10.0 Å². The van der Waals surface area contributed by atoms with Crippen LogP contribution in [0.4, 0.5) is 22.4 Å². The van der Waals surface area contributed by atoms with Crippen LogP contribution in [0.2, 0.25) is 0 Å². The van der Waals surface area contributed by atoms with E-state index in [4.69, 9.17) is 0 Å². The molecule has 1 atom stereocenters. The molecule has 1 aliphatic rings. The van der Waals surface area contributed by atoms with Crippen LogP contribution in [-0.4, -0.2) is 38.5 Å². The van der Waals surface area contributed by atoms with Crippen LogP contribution < -0.4 is 0 Å². The SMILES string of the molecule is O=C(O)N1CCC1Cc1ccc2cn(-c3cc(C(F)(F)F)c(-c4ccccc4)cc3F)nc2c1. The number of aromatic nitrogens is 2. The smallest absolute Gasteiger partial charge is 0.417 e. The van der Waals surface area contributed by atoms with E-state index in [-0.39, 0.29) is 22.9 Å². The summed E-state index contributed by atoms with van der Waals surface area (Å²) in [6, 6.07) is 14.8. The number of benzene rings is 3. The van der Waals surface area contributed by atoms with Gasteiger partial charge in [0.25, 0.3) is 0 Å². The summed E-state index contributed by atoms with van der Waals surface area (Å²) in [6.45, 7) is 0.497. The number of rotatable bonds is 4. The van der Waals surface area contributed by atoms with Crippen molar-refractivity contribution in [2.24, 2.45) is 0 Å². The fourth-order valence-corrected chi connectivity index (χ4v) is 4.32. The number of likely N-dealkylation sites (tertiary alicyclic amines) is 1. The number of carboxylic acid groups (broad SMARTS) is 1. The topological polar surface area (TPSA) is 58.4 Å². The van der Waals surface area contributed by atoms with E-state index in [9.17, 15) is 23.1 Å². The van der Waals surface area contributed by atoms with Gasteiger partial charge in [-0.05, 0) is 47.7 Å². The fourth-order valence-electron chi connectivity index (χ4n) is 4.32. The lowest BCUT2D eigenvalue weighted by molar-refractivity contribution is -0.137. The second-order valence-corrected chi connectivity index (χ2v) is 8.30. The molecule has 2 heterocycles. The zero-order valence-electron chi connectivity index (χ0n) is 17.8. The molecule has 5 rings (SSSR count). The first-order chi connectivity index (χ1) is 16.2. The van der Waals surface area contributed by atoms with Crippen molar-refractivity contribution in [3.63, 3.8) is 0 Å². The molecule has 5 nitrogen and oxygen atoms in total. The molecule has 0 saturated carbocycles. The van der Waals surface area contributed by atoms with E-state index in [1.807, 2.05) is 6.07 Å². The summed E-state index contributed by atoms with van der Waals surface area (Å²) in [7, 11) is 0. The Morgan fingerprint density at radius 3 is 2.50 bits per heavy atom. The first-order valence-electron chi connectivity index (χ1n) is 10.6. The van der Waals surface area contributed by atoms with Crippen LogP contribution in [-0.2, 0) is 12.6 Å². The summed E-state index contributed by atoms with van der Waals surface area (Å²) in [4.78, 5) is 12.6. The van der Waals surface area contributed by atoms with Crippen molar-refractivity contribution >= 4 is 17.0 Å². The monoisotopic (exact) mass is 469 g/mol. The maximum absolute atomic E-state index is 15.1. The molecule has 0 spiro atoms. The summed E-state index contributed by atoms with van der Waals surface area (Å²) in [5, 5.41) is 14.1. The van der Waals surface area contributed by atoms with Gasteiger partial charge in [-0.25, -0.2) is 13.9 Å². The van der Waals surface area contributed by atoms with E-state index < -0.39 is 23.7 Å². The third-order valence-corrected chi connectivity index (χ3v) is 6.16. The molecule has 174 valence electrons. The van der Waals surface area contributed by atoms with E-state index in [0.717, 1.165) is 28.8 Å². The molecule has 1 amide bonds. The van der Waals surface area contributed by atoms with Gasteiger partial charge in [0.1, 0.15) is 11.5 Å². The van der Waals surface area contributed by atoms with Crippen molar-refractivity contribution in [2.75, 3.05) is 6.54 Å².